The topological polar surface area (TPSA) is 67.9 Å². The lowest BCUT2D eigenvalue weighted by molar-refractivity contribution is 0.171. The molecule has 1 N–H and O–H groups in total. The number of hydrogen-bond donors (Lipinski definition) is 1. The van der Waals surface area contributed by atoms with Gasteiger partial charge in [0.15, 0.2) is 11.5 Å². The molecule has 0 fully saturated rings. The molecule has 1 atom stereocenters. The van der Waals surface area contributed by atoms with Crippen LogP contribution in [-0.4, -0.2) is 47.2 Å². The molecule has 1 aliphatic rings. The Bertz CT molecular complexity index is 887. The van der Waals surface area contributed by atoms with Crippen molar-refractivity contribution in [3.63, 3.8) is 0 Å². The van der Waals surface area contributed by atoms with Crippen LogP contribution in [0.3, 0.4) is 0 Å². The van der Waals surface area contributed by atoms with E-state index in [9.17, 15) is 8.42 Å². The summed E-state index contributed by atoms with van der Waals surface area (Å²) in [6, 6.07) is 11.8. The molecule has 2 aromatic carbocycles. The van der Waals surface area contributed by atoms with E-state index in [1.54, 1.807) is 12.1 Å². The summed E-state index contributed by atoms with van der Waals surface area (Å²) < 4.78 is 39.0. The fourth-order valence-electron chi connectivity index (χ4n) is 2.78. The van der Waals surface area contributed by atoms with Gasteiger partial charge in [0, 0.05) is 23.7 Å². The van der Waals surface area contributed by atoms with Gasteiger partial charge in [-0.2, -0.15) is 0 Å². The Hall–Kier alpha value is -1.80. The van der Waals surface area contributed by atoms with Gasteiger partial charge in [-0.25, -0.2) is 13.1 Å². The van der Waals surface area contributed by atoms with Crippen molar-refractivity contribution in [2.75, 3.05) is 33.9 Å². The van der Waals surface area contributed by atoms with Crippen LogP contribution in [0.2, 0.25) is 5.02 Å². The van der Waals surface area contributed by atoms with Gasteiger partial charge in [0.25, 0.3) is 0 Å². The number of sulfonamides is 1. The summed E-state index contributed by atoms with van der Waals surface area (Å²) in [5.74, 6) is 0.992. The van der Waals surface area contributed by atoms with Crippen molar-refractivity contribution in [1.29, 1.82) is 0 Å². The van der Waals surface area contributed by atoms with E-state index >= 15 is 0 Å². The first kappa shape index (κ1) is 19.0. The van der Waals surface area contributed by atoms with Crippen molar-refractivity contribution in [1.82, 2.24) is 9.62 Å². The summed E-state index contributed by atoms with van der Waals surface area (Å²) in [7, 11) is 0.0641. The molecule has 0 aliphatic carbocycles. The molecule has 140 valence electrons. The second-order valence-corrected chi connectivity index (χ2v) is 8.33. The van der Waals surface area contributed by atoms with E-state index in [4.69, 9.17) is 21.1 Å². The Labute approximate surface area is 158 Å². The number of rotatable bonds is 6. The van der Waals surface area contributed by atoms with E-state index in [0.29, 0.717) is 29.7 Å². The van der Waals surface area contributed by atoms with Gasteiger partial charge >= 0.3 is 0 Å². The minimum Gasteiger partial charge on any atom is -0.486 e. The molecule has 0 saturated heterocycles. The summed E-state index contributed by atoms with van der Waals surface area (Å²) in [4.78, 5) is 2.06. The molecule has 1 aliphatic heterocycles. The number of nitrogens with one attached hydrogen (secondary N) is 1. The summed E-state index contributed by atoms with van der Waals surface area (Å²) >= 11 is 6.28. The van der Waals surface area contributed by atoms with Gasteiger partial charge in [-0.05, 0) is 37.9 Å². The second kappa shape index (κ2) is 7.84. The standard InChI is InChI=1S/C18H21ClN2O4S/c1-21(2)16(14-5-3-4-6-15(14)19)12-20-26(22,23)13-7-8-17-18(11-13)25-10-9-24-17/h3-8,11,16,20H,9-10,12H2,1-2H3/t16-/m1/s1. The summed E-state index contributed by atoms with van der Waals surface area (Å²) in [6.45, 7) is 1.05. The molecule has 26 heavy (non-hydrogen) atoms. The fraction of sp³-hybridized carbons (Fsp3) is 0.333. The highest BCUT2D eigenvalue weighted by atomic mass is 35.5. The van der Waals surface area contributed by atoms with E-state index in [1.807, 2.05) is 37.2 Å². The minimum absolute atomic E-state index is 0.137. The lowest BCUT2D eigenvalue weighted by Gasteiger charge is -2.26. The van der Waals surface area contributed by atoms with Gasteiger partial charge < -0.3 is 14.4 Å². The number of benzene rings is 2. The van der Waals surface area contributed by atoms with Gasteiger partial charge in [0.1, 0.15) is 13.2 Å². The molecule has 0 spiro atoms. The lowest BCUT2D eigenvalue weighted by atomic mass is 10.1. The SMILES string of the molecule is CN(C)[C@H](CNS(=O)(=O)c1ccc2c(c1)OCCO2)c1ccccc1Cl. The Morgan fingerprint density at radius 1 is 1.12 bits per heavy atom. The summed E-state index contributed by atoms with van der Waals surface area (Å²) in [6.07, 6.45) is 0. The Kier molecular flexibility index (Phi) is 5.72. The first-order chi connectivity index (χ1) is 12.4. The van der Waals surface area contributed by atoms with E-state index in [0.717, 1.165) is 5.56 Å². The molecule has 0 radical (unpaired) electrons. The van der Waals surface area contributed by atoms with Crippen LogP contribution in [0.1, 0.15) is 11.6 Å². The van der Waals surface area contributed by atoms with Crippen LogP contribution in [0.25, 0.3) is 0 Å². The predicted octanol–water partition coefficient (Wildman–Crippen LogP) is 2.69. The van der Waals surface area contributed by atoms with Crippen LogP contribution in [-0.2, 0) is 10.0 Å². The second-order valence-electron chi connectivity index (χ2n) is 6.16. The molecule has 0 amide bonds. The van der Waals surface area contributed by atoms with E-state index in [2.05, 4.69) is 4.72 Å². The molecule has 6 nitrogen and oxygen atoms in total. The maximum Gasteiger partial charge on any atom is 0.240 e. The normalized spacial score (nSPS) is 15.1. The fourth-order valence-corrected chi connectivity index (χ4v) is 4.09. The number of halogens is 1. The number of fused-ring (bicyclic) bond motifs is 1. The van der Waals surface area contributed by atoms with Crippen molar-refractivity contribution in [3.8, 4) is 11.5 Å². The quantitative estimate of drug-likeness (QED) is 0.813. The van der Waals surface area contributed by atoms with E-state index in [-0.39, 0.29) is 17.5 Å². The number of likely N-dealkylation sites (N-methyl/N-ethyl adjacent to an activating group) is 1. The highest BCUT2D eigenvalue weighted by molar-refractivity contribution is 7.89. The van der Waals surface area contributed by atoms with Gasteiger partial charge in [0.05, 0.1) is 4.90 Å². The Morgan fingerprint density at radius 2 is 1.81 bits per heavy atom. The zero-order valence-corrected chi connectivity index (χ0v) is 16.2. The maximum atomic E-state index is 12.7. The molecule has 3 rings (SSSR count). The third kappa shape index (κ3) is 4.12. The first-order valence-corrected chi connectivity index (χ1v) is 10.0. The smallest absolute Gasteiger partial charge is 0.240 e. The molecule has 0 saturated carbocycles. The highest BCUT2D eigenvalue weighted by Crippen LogP contribution is 2.32. The molecule has 8 heteroatoms. The molecule has 0 aromatic heterocycles. The van der Waals surface area contributed by atoms with Crippen molar-refractivity contribution < 1.29 is 17.9 Å². The maximum absolute atomic E-state index is 12.7. The van der Waals surface area contributed by atoms with Gasteiger partial charge in [-0.15, -0.1) is 0 Å². The highest BCUT2D eigenvalue weighted by Gasteiger charge is 2.23. The monoisotopic (exact) mass is 396 g/mol. The largest absolute Gasteiger partial charge is 0.486 e. The average molecular weight is 397 g/mol. The third-order valence-electron chi connectivity index (χ3n) is 4.18. The van der Waals surface area contributed by atoms with Crippen molar-refractivity contribution in [2.24, 2.45) is 0 Å². The van der Waals surface area contributed by atoms with Crippen LogP contribution in [0.5, 0.6) is 11.5 Å². The average Bonchev–Trinajstić information content (AvgIpc) is 2.62. The van der Waals surface area contributed by atoms with Crippen molar-refractivity contribution in [2.45, 2.75) is 10.9 Å². The van der Waals surface area contributed by atoms with E-state index < -0.39 is 10.0 Å². The van der Waals surface area contributed by atoms with Crippen molar-refractivity contribution in [3.05, 3.63) is 53.1 Å². The Balaban J connectivity index is 1.79. The van der Waals surface area contributed by atoms with Crippen LogP contribution < -0.4 is 14.2 Å². The van der Waals surface area contributed by atoms with Gasteiger partial charge in [-0.1, -0.05) is 29.8 Å². The molecule has 1 heterocycles. The van der Waals surface area contributed by atoms with E-state index in [1.165, 1.54) is 12.1 Å². The minimum atomic E-state index is -3.70. The molecule has 2 aromatic rings. The predicted molar refractivity (Wildman–Crippen MR) is 101 cm³/mol. The first-order valence-electron chi connectivity index (χ1n) is 8.18. The third-order valence-corrected chi connectivity index (χ3v) is 5.94. The molecule has 0 unspecified atom stereocenters. The number of nitrogens with zero attached hydrogens (tertiary/aromatic N) is 1. The summed E-state index contributed by atoms with van der Waals surface area (Å²) in [5, 5.41) is 0.602. The molecule has 0 bridgehead atoms. The van der Waals surface area contributed by atoms with Crippen LogP contribution >= 0.6 is 11.6 Å². The zero-order valence-electron chi connectivity index (χ0n) is 14.6. The van der Waals surface area contributed by atoms with Gasteiger partial charge in [-0.3, -0.25) is 0 Å². The number of ether oxygens (including phenoxy) is 2. The Morgan fingerprint density at radius 3 is 2.50 bits per heavy atom. The van der Waals surface area contributed by atoms with Crippen LogP contribution in [0.4, 0.5) is 0 Å². The lowest BCUT2D eigenvalue weighted by Crippen LogP contribution is -2.34. The van der Waals surface area contributed by atoms with Crippen LogP contribution in [0, 0.1) is 0 Å². The van der Waals surface area contributed by atoms with Crippen LogP contribution in [0.15, 0.2) is 47.4 Å². The summed E-state index contributed by atoms with van der Waals surface area (Å²) in [5.41, 5.74) is 0.865. The zero-order chi connectivity index (χ0) is 18.7. The number of hydrogen-bond acceptors (Lipinski definition) is 5. The van der Waals surface area contributed by atoms with Crippen molar-refractivity contribution >= 4 is 21.6 Å². The molecular weight excluding hydrogens is 376 g/mol. The molecular formula is C18H21ClN2O4S. The van der Waals surface area contributed by atoms with Gasteiger partial charge in [0.2, 0.25) is 10.0 Å².